The van der Waals surface area contributed by atoms with Crippen molar-refractivity contribution in [3.8, 4) is 22.9 Å². The molecule has 3 heterocycles. The number of nitrogens with one attached hydrogen (secondary N) is 1. The van der Waals surface area contributed by atoms with Crippen LogP contribution < -0.4 is 14.8 Å². The molecule has 33 heavy (non-hydrogen) atoms. The van der Waals surface area contributed by atoms with Crippen molar-refractivity contribution in [1.82, 2.24) is 19.7 Å². The number of pyridine rings is 1. The van der Waals surface area contributed by atoms with E-state index in [2.05, 4.69) is 32.6 Å². The monoisotopic (exact) mass is 459 g/mol. The van der Waals surface area contributed by atoms with Crippen LogP contribution in [0.5, 0.6) is 11.5 Å². The average molecular weight is 460 g/mol. The van der Waals surface area contributed by atoms with E-state index in [9.17, 15) is 4.79 Å². The fraction of sp³-hybridized carbons (Fsp3) is 0.167. The third kappa shape index (κ3) is 4.68. The topological polar surface area (TPSA) is 91.2 Å². The molecule has 1 atom stereocenters. The number of ether oxygens (including phenoxy) is 2. The minimum atomic E-state index is -0.407. The fourth-order valence-corrected chi connectivity index (χ4v) is 4.27. The van der Waals surface area contributed by atoms with Crippen molar-refractivity contribution in [2.24, 2.45) is 0 Å². The molecule has 166 valence electrons. The molecule has 2 aromatic heterocycles. The Labute approximate surface area is 195 Å². The minimum Gasteiger partial charge on any atom is -0.454 e. The Hall–Kier alpha value is -3.85. The van der Waals surface area contributed by atoms with Gasteiger partial charge in [0.1, 0.15) is 0 Å². The zero-order valence-corrected chi connectivity index (χ0v) is 18.7. The number of amides is 1. The van der Waals surface area contributed by atoms with E-state index in [0.29, 0.717) is 34.7 Å². The molecule has 5 rings (SSSR count). The molecule has 0 saturated heterocycles. The van der Waals surface area contributed by atoms with Crippen molar-refractivity contribution in [2.75, 3.05) is 12.1 Å². The lowest BCUT2D eigenvalue weighted by Crippen LogP contribution is -2.23. The molecule has 1 amide bonds. The second-order valence-electron chi connectivity index (χ2n) is 7.44. The number of benzene rings is 2. The zero-order chi connectivity index (χ0) is 22.6. The molecule has 1 aliphatic heterocycles. The molecule has 0 aliphatic carbocycles. The highest BCUT2D eigenvalue weighted by molar-refractivity contribution is 8.00. The first-order chi connectivity index (χ1) is 16.2. The van der Waals surface area contributed by atoms with E-state index in [1.54, 1.807) is 30.6 Å². The summed E-state index contributed by atoms with van der Waals surface area (Å²) in [5.74, 6) is 1.86. The molecular formula is C24H21N5O3S. The third-order valence-corrected chi connectivity index (χ3v) is 6.19. The van der Waals surface area contributed by atoms with Gasteiger partial charge in [-0.1, -0.05) is 42.1 Å². The van der Waals surface area contributed by atoms with Crippen molar-refractivity contribution in [3.63, 3.8) is 0 Å². The first-order valence-corrected chi connectivity index (χ1v) is 11.3. The van der Waals surface area contributed by atoms with Gasteiger partial charge in [-0.3, -0.25) is 14.3 Å². The van der Waals surface area contributed by atoms with Gasteiger partial charge in [-0.2, -0.15) is 0 Å². The normalized spacial score (nSPS) is 13.0. The predicted molar refractivity (Wildman–Crippen MR) is 125 cm³/mol. The number of carbonyl (C=O) groups is 1. The van der Waals surface area contributed by atoms with Crippen LogP contribution in [0.4, 0.5) is 5.69 Å². The lowest BCUT2D eigenvalue weighted by Gasteiger charge is -2.14. The molecule has 0 saturated carbocycles. The van der Waals surface area contributed by atoms with Gasteiger partial charge < -0.3 is 14.8 Å². The molecule has 0 unspecified atom stereocenters. The van der Waals surface area contributed by atoms with Gasteiger partial charge in [0.05, 0.1) is 11.8 Å². The van der Waals surface area contributed by atoms with Crippen LogP contribution >= 0.6 is 11.8 Å². The molecule has 2 aromatic carbocycles. The minimum absolute atomic E-state index is 0.143. The van der Waals surface area contributed by atoms with Crippen LogP contribution in [0.2, 0.25) is 0 Å². The number of nitrogens with zero attached hydrogens (tertiary/aromatic N) is 4. The summed E-state index contributed by atoms with van der Waals surface area (Å²) in [5.41, 5.74) is 2.63. The Balaban J connectivity index is 1.36. The summed E-state index contributed by atoms with van der Waals surface area (Å²) in [5, 5.41) is 12.0. The van der Waals surface area contributed by atoms with E-state index < -0.39 is 5.25 Å². The van der Waals surface area contributed by atoms with E-state index >= 15 is 0 Å². The maximum Gasteiger partial charge on any atom is 0.237 e. The van der Waals surface area contributed by atoms with Crippen molar-refractivity contribution < 1.29 is 14.3 Å². The predicted octanol–water partition coefficient (Wildman–Crippen LogP) is 4.24. The van der Waals surface area contributed by atoms with Gasteiger partial charge in [0.25, 0.3) is 0 Å². The Morgan fingerprint density at radius 3 is 2.76 bits per heavy atom. The van der Waals surface area contributed by atoms with E-state index in [-0.39, 0.29) is 12.7 Å². The number of aromatic nitrogens is 4. The Bertz CT molecular complexity index is 1260. The van der Waals surface area contributed by atoms with Gasteiger partial charge in [-0.05, 0) is 36.8 Å². The van der Waals surface area contributed by atoms with Gasteiger partial charge in [-0.25, -0.2) is 0 Å². The summed E-state index contributed by atoms with van der Waals surface area (Å²) in [4.78, 5) is 17.1. The fourth-order valence-electron chi connectivity index (χ4n) is 3.42. The first kappa shape index (κ1) is 21.0. The first-order valence-electron chi connectivity index (χ1n) is 10.4. The molecule has 1 N–H and O–H groups in total. The summed E-state index contributed by atoms with van der Waals surface area (Å²) in [6.07, 6.45) is 3.48. The van der Waals surface area contributed by atoms with Crippen LogP contribution in [-0.2, 0) is 11.3 Å². The summed E-state index contributed by atoms with van der Waals surface area (Å²) in [7, 11) is 0. The molecule has 0 spiro atoms. The van der Waals surface area contributed by atoms with E-state index in [1.165, 1.54) is 11.8 Å². The van der Waals surface area contributed by atoms with Gasteiger partial charge in [0.2, 0.25) is 12.7 Å². The summed E-state index contributed by atoms with van der Waals surface area (Å²) < 4.78 is 12.7. The van der Waals surface area contributed by atoms with Crippen molar-refractivity contribution in [2.45, 2.75) is 23.9 Å². The highest BCUT2D eigenvalue weighted by Crippen LogP contribution is 2.34. The Morgan fingerprint density at radius 2 is 1.94 bits per heavy atom. The number of rotatable bonds is 7. The second kappa shape index (κ2) is 9.33. The molecule has 9 heteroatoms. The van der Waals surface area contributed by atoms with Gasteiger partial charge in [0, 0.05) is 29.7 Å². The van der Waals surface area contributed by atoms with Crippen LogP contribution in [0.15, 0.2) is 78.2 Å². The highest BCUT2D eigenvalue weighted by atomic mass is 32.2. The number of hydrogen-bond donors (Lipinski definition) is 1. The van der Waals surface area contributed by atoms with E-state index in [0.717, 1.165) is 11.1 Å². The quantitative estimate of drug-likeness (QED) is 0.414. The maximum atomic E-state index is 12.9. The SMILES string of the molecule is C[C@@H](Sc1nnc(-c2cccnc2)n1Cc1ccccc1)C(=O)Nc1ccc2c(c1)OCO2. The van der Waals surface area contributed by atoms with Crippen LogP contribution in [0.25, 0.3) is 11.4 Å². The third-order valence-electron chi connectivity index (χ3n) is 5.11. The largest absolute Gasteiger partial charge is 0.454 e. The number of carbonyl (C=O) groups excluding carboxylic acids is 1. The lowest BCUT2D eigenvalue weighted by molar-refractivity contribution is -0.115. The molecule has 0 bridgehead atoms. The molecule has 0 radical (unpaired) electrons. The van der Waals surface area contributed by atoms with Crippen LogP contribution in [0.3, 0.4) is 0 Å². The van der Waals surface area contributed by atoms with Crippen molar-refractivity contribution in [1.29, 1.82) is 0 Å². The summed E-state index contributed by atoms with van der Waals surface area (Å²) in [6, 6.07) is 19.2. The summed E-state index contributed by atoms with van der Waals surface area (Å²) >= 11 is 1.36. The standard InChI is InChI=1S/C24H21N5O3S/c1-16(23(30)26-19-9-10-20-21(12-19)32-15-31-20)33-24-28-27-22(18-8-5-11-25-13-18)29(24)14-17-6-3-2-4-7-17/h2-13,16H,14-15H2,1H3,(H,26,30)/t16-/m1/s1. The molecule has 0 fully saturated rings. The smallest absolute Gasteiger partial charge is 0.237 e. The van der Waals surface area contributed by atoms with Crippen molar-refractivity contribution >= 4 is 23.4 Å². The van der Waals surface area contributed by atoms with Gasteiger partial charge >= 0.3 is 0 Å². The van der Waals surface area contributed by atoms with Gasteiger partial charge in [0.15, 0.2) is 22.5 Å². The van der Waals surface area contributed by atoms with E-state index in [4.69, 9.17) is 9.47 Å². The molecular weight excluding hydrogens is 438 g/mol. The molecule has 4 aromatic rings. The molecule has 1 aliphatic rings. The number of hydrogen-bond acceptors (Lipinski definition) is 7. The highest BCUT2D eigenvalue weighted by Gasteiger charge is 2.22. The number of anilines is 1. The second-order valence-corrected chi connectivity index (χ2v) is 8.74. The summed E-state index contributed by atoms with van der Waals surface area (Å²) in [6.45, 7) is 2.62. The zero-order valence-electron chi connectivity index (χ0n) is 17.8. The number of fused-ring (bicyclic) bond motifs is 1. The van der Waals surface area contributed by atoms with E-state index in [1.807, 2.05) is 41.8 Å². The van der Waals surface area contributed by atoms with Crippen molar-refractivity contribution in [3.05, 3.63) is 78.6 Å². The van der Waals surface area contributed by atoms with Crippen LogP contribution in [-0.4, -0.2) is 37.7 Å². The maximum absolute atomic E-state index is 12.9. The lowest BCUT2D eigenvalue weighted by atomic mass is 10.2. The van der Waals surface area contributed by atoms with Crippen LogP contribution in [0, 0.1) is 0 Å². The van der Waals surface area contributed by atoms with Gasteiger partial charge in [-0.15, -0.1) is 10.2 Å². The van der Waals surface area contributed by atoms with Crippen LogP contribution in [0.1, 0.15) is 12.5 Å². The average Bonchev–Trinajstić information content (AvgIpc) is 3.47. The Kier molecular flexibility index (Phi) is 5.95. The molecule has 8 nitrogen and oxygen atoms in total. The Morgan fingerprint density at radius 1 is 1.09 bits per heavy atom. The number of thioether (sulfide) groups is 1.